The SMILES string of the molecule is CC(C)CCCCCCNC1CCOC(C)C1. The van der Waals surface area contributed by atoms with Gasteiger partial charge in [-0.1, -0.05) is 39.5 Å². The Morgan fingerprint density at radius 2 is 1.94 bits per heavy atom. The summed E-state index contributed by atoms with van der Waals surface area (Å²) in [6.45, 7) is 8.94. The van der Waals surface area contributed by atoms with Gasteiger partial charge in [0.15, 0.2) is 0 Å². The van der Waals surface area contributed by atoms with Crippen LogP contribution in [-0.2, 0) is 4.74 Å². The molecule has 2 atom stereocenters. The molecule has 2 heteroatoms. The minimum absolute atomic E-state index is 0.451. The van der Waals surface area contributed by atoms with E-state index >= 15 is 0 Å². The van der Waals surface area contributed by atoms with E-state index in [1.807, 2.05) is 0 Å². The van der Waals surface area contributed by atoms with E-state index in [-0.39, 0.29) is 0 Å². The molecule has 1 rings (SSSR count). The third kappa shape index (κ3) is 7.77. The normalized spacial score (nSPS) is 25.4. The van der Waals surface area contributed by atoms with Gasteiger partial charge in [0.2, 0.25) is 0 Å². The van der Waals surface area contributed by atoms with Crippen LogP contribution in [0.15, 0.2) is 0 Å². The summed E-state index contributed by atoms with van der Waals surface area (Å²) in [4.78, 5) is 0. The van der Waals surface area contributed by atoms with Crippen LogP contribution in [-0.4, -0.2) is 25.3 Å². The molecule has 1 N–H and O–H groups in total. The molecule has 1 fully saturated rings. The molecule has 0 amide bonds. The highest BCUT2D eigenvalue weighted by Crippen LogP contribution is 2.13. The van der Waals surface area contributed by atoms with Crippen molar-refractivity contribution in [3.63, 3.8) is 0 Å². The maximum atomic E-state index is 5.55. The molecule has 0 saturated carbocycles. The Bertz CT molecular complexity index is 182. The van der Waals surface area contributed by atoms with Gasteiger partial charge in [-0.3, -0.25) is 0 Å². The molecule has 2 nitrogen and oxygen atoms in total. The average Bonchev–Trinajstić information content (AvgIpc) is 2.27. The highest BCUT2D eigenvalue weighted by Gasteiger charge is 2.17. The third-order valence-corrected chi connectivity index (χ3v) is 3.63. The van der Waals surface area contributed by atoms with Crippen molar-refractivity contribution in [3.8, 4) is 0 Å². The first kappa shape index (κ1) is 15.0. The van der Waals surface area contributed by atoms with Gasteiger partial charge in [0, 0.05) is 12.6 Å². The molecule has 0 aromatic rings. The van der Waals surface area contributed by atoms with Crippen molar-refractivity contribution in [2.45, 2.75) is 77.9 Å². The molecule has 2 unspecified atom stereocenters. The number of ether oxygens (including phenoxy) is 1. The summed E-state index contributed by atoms with van der Waals surface area (Å²) >= 11 is 0. The third-order valence-electron chi connectivity index (χ3n) is 3.63. The van der Waals surface area contributed by atoms with E-state index in [0.29, 0.717) is 12.1 Å². The molecule has 0 aromatic carbocycles. The van der Waals surface area contributed by atoms with Gasteiger partial charge in [0.1, 0.15) is 0 Å². The van der Waals surface area contributed by atoms with Gasteiger partial charge >= 0.3 is 0 Å². The molecule has 1 heterocycles. The van der Waals surface area contributed by atoms with Gasteiger partial charge in [-0.05, 0) is 38.6 Å². The fraction of sp³-hybridized carbons (Fsp3) is 1.00. The first-order valence-electron chi connectivity index (χ1n) is 7.53. The first-order valence-corrected chi connectivity index (χ1v) is 7.53. The fourth-order valence-electron chi connectivity index (χ4n) is 2.52. The molecular weight excluding hydrogens is 210 g/mol. The predicted molar refractivity (Wildman–Crippen MR) is 74.4 cm³/mol. The van der Waals surface area contributed by atoms with Gasteiger partial charge in [-0.2, -0.15) is 0 Å². The number of rotatable bonds is 8. The van der Waals surface area contributed by atoms with Crippen LogP contribution in [0, 0.1) is 5.92 Å². The lowest BCUT2D eigenvalue weighted by atomic mass is 10.0. The Balaban J connectivity index is 1.86. The highest BCUT2D eigenvalue weighted by atomic mass is 16.5. The predicted octanol–water partition coefficient (Wildman–Crippen LogP) is 3.75. The molecule has 0 spiro atoms. The van der Waals surface area contributed by atoms with Crippen LogP contribution in [0.1, 0.15) is 65.7 Å². The largest absolute Gasteiger partial charge is 0.378 e. The minimum atomic E-state index is 0.451. The van der Waals surface area contributed by atoms with Gasteiger partial charge in [-0.25, -0.2) is 0 Å². The van der Waals surface area contributed by atoms with Crippen LogP contribution in [0.5, 0.6) is 0 Å². The van der Waals surface area contributed by atoms with E-state index in [9.17, 15) is 0 Å². The summed E-state index contributed by atoms with van der Waals surface area (Å²) in [7, 11) is 0. The van der Waals surface area contributed by atoms with Gasteiger partial charge in [-0.15, -0.1) is 0 Å². The second kappa shape index (κ2) is 8.93. The Morgan fingerprint density at radius 1 is 1.18 bits per heavy atom. The Hall–Kier alpha value is -0.0800. The van der Waals surface area contributed by atoms with Crippen molar-refractivity contribution in [1.29, 1.82) is 0 Å². The van der Waals surface area contributed by atoms with Crippen molar-refractivity contribution in [2.24, 2.45) is 5.92 Å². The zero-order valence-electron chi connectivity index (χ0n) is 12.0. The van der Waals surface area contributed by atoms with Crippen molar-refractivity contribution in [1.82, 2.24) is 5.32 Å². The molecule has 102 valence electrons. The second-order valence-electron chi connectivity index (χ2n) is 5.95. The summed E-state index contributed by atoms with van der Waals surface area (Å²) in [5.74, 6) is 0.872. The number of hydrogen-bond donors (Lipinski definition) is 1. The van der Waals surface area contributed by atoms with E-state index in [1.54, 1.807) is 0 Å². The van der Waals surface area contributed by atoms with Crippen LogP contribution in [0.4, 0.5) is 0 Å². The lowest BCUT2D eigenvalue weighted by molar-refractivity contribution is 0.0134. The zero-order valence-corrected chi connectivity index (χ0v) is 12.0. The Labute approximate surface area is 108 Å². The molecule has 1 aliphatic rings. The number of hydrogen-bond acceptors (Lipinski definition) is 2. The summed E-state index contributed by atoms with van der Waals surface area (Å²) in [6.07, 6.45) is 9.76. The molecule has 0 bridgehead atoms. The molecule has 0 radical (unpaired) electrons. The van der Waals surface area contributed by atoms with Crippen LogP contribution in [0.25, 0.3) is 0 Å². The van der Waals surface area contributed by atoms with Crippen LogP contribution in [0.3, 0.4) is 0 Å². The molecule has 1 saturated heterocycles. The van der Waals surface area contributed by atoms with Crippen LogP contribution < -0.4 is 5.32 Å². The molecule has 17 heavy (non-hydrogen) atoms. The smallest absolute Gasteiger partial charge is 0.0561 e. The molecule has 0 aromatic heterocycles. The van der Waals surface area contributed by atoms with E-state index in [1.165, 1.54) is 51.5 Å². The monoisotopic (exact) mass is 241 g/mol. The molecule has 0 aliphatic carbocycles. The van der Waals surface area contributed by atoms with Crippen molar-refractivity contribution in [2.75, 3.05) is 13.2 Å². The van der Waals surface area contributed by atoms with E-state index in [4.69, 9.17) is 4.74 Å². The van der Waals surface area contributed by atoms with E-state index in [2.05, 4.69) is 26.1 Å². The fourth-order valence-corrected chi connectivity index (χ4v) is 2.52. The van der Waals surface area contributed by atoms with E-state index < -0.39 is 0 Å². The molecule has 1 aliphatic heterocycles. The van der Waals surface area contributed by atoms with Gasteiger partial charge in [0.25, 0.3) is 0 Å². The van der Waals surface area contributed by atoms with Crippen LogP contribution >= 0.6 is 0 Å². The number of unbranched alkanes of at least 4 members (excludes halogenated alkanes) is 3. The Morgan fingerprint density at radius 3 is 2.65 bits per heavy atom. The first-order chi connectivity index (χ1) is 8.18. The highest BCUT2D eigenvalue weighted by molar-refractivity contribution is 4.74. The lowest BCUT2D eigenvalue weighted by Gasteiger charge is -2.28. The van der Waals surface area contributed by atoms with Crippen molar-refractivity contribution in [3.05, 3.63) is 0 Å². The maximum Gasteiger partial charge on any atom is 0.0561 e. The minimum Gasteiger partial charge on any atom is -0.378 e. The topological polar surface area (TPSA) is 21.3 Å². The number of nitrogens with one attached hydrogen (secondary N) is 1. The maximum absolute atomic E-state index is 5.55. The van der Waals surface area contributed by atoms with Gasteiger partial charge < -0.3 is 10.1 Å². The Kier molecular flexibility index (Phi) is 7.87. The summed E-state index contributed by atoms with van der Waals surface area (Å²) in [6, 6.07) is 0.703. The zero-order chi connectivity index (χ0) is 12.5. The quantitative estimate of drug-likeness (QED) is 0.653. The summed E-state index contributed by atoms with van der Waals surface area (Å²) < 4.78 is 5.55. The molecular formula is C15H31NO. The summed E-state index contributed by atoms with van der Waals surface area (Å²) in [5.41, 5.74) is 0. The average molecular weight is 241 g/mol. The second-order valence-corrected chi connectivity index (χ2v) is 5.95. The lowest BCUT2D eigenvalue weighted by Crippen LogP contribution is -2.38. The van der Waals surface area contributed by atoms with Crippen molar-refractivity contribution >= 4 is 0 Å². The standard InChI is InChI=1S/C15H31NO/c1-13(2)8-6-4-5-7-10-16-15-9-11-17-14(3)12-15/h13-16H,4-12H2,1-3H3. The van der Waals surface area contributed by atoms with Crippen molar-refractivity contribution < 1.29 is 4.74 Å². The van der Waals surface area contributed by atoms with E-state index in [0.717, 1.165) is 12.5 Å². The van der Waals surface area contributed by atoms with Gasteiger partial charge in [0.05, 0.1) is 6.10 Å². The summed E-state index contributed by atoms with van der Waals surface area (Å²) in [5, 5.41) is 3.67. The van der Waals surface area contributed by atoms with Crippen LogP contribution in [0.2, 0.25) is 0 Å².